The van der Waals surface area contributed by atoms with Crippen molar-refractivity contribution in [3.05, 3.63) is 0 Å². The molecule has 1 atom stereocenters. The number of likely N-dealkylation sites (N-methyl/N-ethyl adjacent to an activating group) is 1. The van der Waals surface area contributed by atoms with E-state index < -0.39 is 0 Å². The van der Waals surface area contributed by atoms with Gasteiger partial charge in [-0.05, 0) is 25.3 Å². The molecule has 52 valence electrons. The predicted molar refractivity (Wildman–Crippen MR) is 37.4 cm³/mol. The monoisotopic (exact) mass is 126 g/mol. The molecule has 2 heteroatoms. The Morgan fingerprint density at radius 1 is 1.56 bits per heavy atom. The summed E-state index contributed by atoms with van der Waals surface area (Å²) in [5.74, 6) is 0. The summed E-state index contributed by atoms with van der Waals surface area (Å²) >= 11 is 0. The van der Waals surface area contributed by atoms with Crippen LogP contribution in [0.5, 0.6) is 0 Å². The van der Waals surface area contributed by atoms with Crippen LogP contribution in [0.2, 0.25) is 0 Å². The molecule has 0 aromatic carbocycles. The van der Waals surface area contributed by atoms with Crippen molar-refractivity contribution in [1.82, 2.24) is 10.6 Å². The lowest BCUT2D eigenvalue weighted by atomic mass is 10.0. The zero-order valence-electron chi connectivity index (χ0n) is 5.91. The van der Waals surface area contributed by atoms with E-state index in [4.69, 9.17) is 0 Å². The summed E-state index contributed by atoms with van der Waals surface area (Å²) in [5, 5.41) is 6.77. The summed E-state index contributed by atoms with van der Waals surface area (Å²) in [5.41, 5.74) is 0.689. The van der Waals surface area contributed by atoms with Crippen molar-refractivity contribution >= 4 is 0 Å². The standard InChI is InChI=1S/C7H14N2/c1-8-6-4-9-5-7(6)2-3-7/h6,8-9H,2-5H2,1H3/t6-/m1/s1. The normalized spacial score (nSPS) is 37.7. The van der Waals surface area contributed by atoms with E-state index in [1.54, 1.807) is 0 Å². The summed E-state index contributed by atoms with van der Waals surface area (Å²) in [6.45, 7) is 2.43. The zero-order valence-corrected chi connectivity index (χ0v) is 5.91. The molecule has 2 N–H and O–H groups in total. The van der Waals surface area contributed by atoms with Crippen LogP contribution in [0.1, 0.15) is 12.8 Å². The van der Waals surface area contributed by atoms with Crippen LogP contribution in [0.25, 0.3) is 0 Å². The lowest BCUT2D eigenvalue weighted by molar-refractivity contribution is 0.437. The number of hydrogen-bond acceptors (Lipinski definition) is 2. The van der Waals surface area contributed by atoms with E-state index in [1.807, 2.05) is 0 Å². The van der Waals surface area contributed by atoms with Crippen LogP contribution in [0.4, 0.5) is 0 Å². The Kier molecular flexibility index (Phi) is 1.08. The molecular weight excluding hydrogens is 112 g/mol. The molecule has 1 aliphatic heterocycles. The van der Waals surface area contributed by atoms with Crippen LogP contribution in [0, 0.1) is 5.41 Å². The van der Waals surface area contributed by atoms with E-state index in [1.165, 1.54) is 25.9 Å². The predicted octanol–water partition coefficient (Wildman–Crippen LogP) is -0.0422. The van der Waals surface area contributed by atoms with Gasteiger partial charge in [-0.2, -0.15) is 0 Å². The second kappa shape index (κ2) is 1.70. The van der Waals surface area contributed by atoms with Gasteiger partial charge in [0.05, 0.1) is 0 Å². The van der Waals surface area contributed by atoms with Gasteiger partial charge in [-0.15, -0.1) is 0 Å². The van der Waals surface area contributed by atoms with Crippen LogP contribution >= 0.6 is 0 Å². The van der Waals surface area contributed by atoms with Gasteiger partial charge in [0, 0.05) is 19.1 Å². The molecule has 1 heterocycles. The van der Waals surface area contributed by atoms with Gasteiger partial charge in [0.25, 0.3) is 0 Å². The topological polar surface area (TPSA) is 24.1 Å². The first kappa shape index (κ1) is 5.69. The van der Waals surface area contributed by atoms with Gasteiger partial charge in [0.15, 0.2) is 0 Å². The Morgan fingerprint density at radius 2 is 2.33 bits per heavy atom. The van der Waals surface area contributed by atoms with E-state index in [0.717, 1.165) is 6.04 Å². The molecule has 0 aromatic rings. The van der Waals surface area contributed by atoms with E-state index in [2.05, 4.69) is 17.7 Å². The maximum absolute atomic E-state index is 3.41. The first-order chi connectivity index (χ1) is 4.37. The molecular formula is C7H14N2. The molecule has 1 aliphatic carbocycles. The largest absolute Gasteiger partial charge is 0.315 e. The molecule has 9 heavy (non-hydrogen) atoms. The van der Waals surface area contributed by atoms with Crippen molar-refractivity contribution in [1.29, 1.82) is 0 Å². The quantitative estimate of drug-likeness (QED) is 0.515. The SMILES string of the molecule is CN[C@@H]1CNCC12CC2. The molecule has 0 aromatic heterocycles. The van der Waals surface area contributed by atoms with Crippen molar-refractivity contribution in [2.24, 2.45) is 5.41 Å². The summed E-state index contributed by atoms with van der Waals surface area (Å²) in [4.78, 5) is 0. The lowest BCUT2D eigenvalue weighted by Crippen LogP contribution is -2.33. The molecule has 2 fully saturated rings. The second-order valence-corrected chi connectivity index (χ2v) is 3.33. The van der Waals surface area contributed by atoms with Gasteiger partial charge in [0.2, 0.25) is 0 Å². The Bertz CT molecular complexity index is 118. The van der Waals surface area contributed by atoms with Crippen molar-refractivity contribution in [3.8, 4) is 0 Å². The van der Waals surface area contributed by atoms with Crippen LogP contribution in [-0.4, -0.2) is 26.2 Å². The minimum atomic E-state index is 0.689. The third-order valence-corrected chi connectivity index (χ3v) is 2.81. The fourth-order valence-corrected chi connectivity index (χ4v) is 1.90. The van der Waals surface area contributed by atoms with E-state index in [9.17, 15) is 0 Å². The maximum Gasteiger partial charge on any atom is 0.0257 e. The summed E-state index contributed by atoms with van der Waals surface area (Å²) in [6.07, 6.45) is 2.87. The fraction of sp³-hybridized carbons (Fsp3) is 1.00. The first-order valence-corrected chi connectivity index (χ1v) is 3.75. The van der Waals surface area contributed by atoms with Gasteiger partial charge < -0.3 is 10.6 Å². The molecule has 1 saturated heterocycles. The highest BCUT2D eigenvalue weighted by molar-refractivity contribution is 5.08. The van der Waals surface area contributed by atoms with Gasteiger partial charge in [-0.1, -0.05) is 0 Å². The second-order valence-electron chi connectivity index (χ2n) is 3.33. The van der Waals surface area contributed by atoms with E-state index in [0.29, 0.717) is 5.41 Å². The summed E-state index contributed by atoms with van der Waals surface area (Å²) in [7, 11) is 2.07. The Morgan fingerprint density at radius 3 is 2.78 bits per heavy atom. The Hall–Kier alpha value is -0.0800. The minimum Gasteiger partial charge on any atom is -0.315 e. The van der Waals surface area contributed by atoms with Gasteiger partial charge >= 0.3 is 0 Å². The first-order valence-electron chi connectivity index (χ1n) is 3.75. The third-order valence-electron chi connectivity index (χ3n) is 2.81. The van der Waals surface area contributed by atoms with Crippen LogP contribution in [-0.2, 0) is 0 Å². The Balaban J connectivity index is 2.05. The van der Waals surface area contributed by atoms with Gasteiger partial charge in [0.1, 0.15) is 0 Å². The molecule has 1 saturated carbocycles. The lowest BCUT2D eigenvalue weighted by Gasteiger charge is -2.14. The molecule has 0 radical (unpaired) electrons. The van der Waals surface area contributed by atoms with E-state index >= 15 is 0 Å². The zero-order chi connectivity index (χ0) is 6.32. The fourth-order valence-electron chi connectivity index (χ4n) is 1.90. The average Bonchev–Trinajstić information content (AvgIpc) is 2.45. The molecule has 0 bridgehead atoms. The third kappa shape index (κ3) is 0.700. The van der Waals surface area contributed by atoms with Crippen molar-refractivity contribution in [2.75, 3.05) is 20.1 Å². The van der Waals surface area contributed by atoms with Crippen molar-refractivity contribution in [2.45, 2.75) is 18.9 Å². The van der Waals surface area contributed by atoms with Gasteiger partial charge in [-0.3, -0.25) is 0 Å². The highest BCUT2D eigenvalue weighted by Crippen LogP contribution is 2.50. The molecule has 1 spiro atoms. The van der Waals surface area contributed by atoms with E-state index in [-0.39, 0.29) is 0 Å². The molecule has 2 rings (SSSR count). The van der Waals surface area contributed by atoms with Crippen LogP contribution in [0.3, 0.4) is 0 Å². The van der Waals surface area contributed by atoms with Crippen molar-refractivity contribution in [3.63, 3.8) is 0 Å². The number of nitrogens with one attached hydrogen (secondary N) is 2. The Labute approximate surface area is 56.0 Å². The average molecular weight is 126 g/mol. The molecule has 2 nitrogen and oxygen atoms in total. The highest BCUT2D eigenvalue weighted by Gasteiger charge is 2.51. The van der Waals surface area contributed by atoms with Crippen molar-refractivity contribution < 1.29 is 0 Å². The molecule has 0 amide bonds. The van der Waals surface area contributed by atoms with Gasteiger partial charge in [-0.25, -0.2) is 0 Å². The maximum atomic E-state index is 3.41. The highest BCUT2D eigenvalue weighted by atomic mass is 15.1. The summed E-state index contributed by atoms with van der Waals surface area (Å²) < 4.78 is 0. The summed E-state index contributed by atoms with van der Waals surface area (Å²) in [6, 6.07) is 0.762. The van der Waals surface area contributed by atoms with Crippen LogP contribution < -0.4 is 10.6 Å². The minimum absolute atomic E-state index is 0.689. The number of hydrogen-bond donors (Lipinski definition) is 2. The molecule has 2 aliphatic rings. The molecule has 0 unspecified atom stereocenters. The van der Waals surface area contributed by atoms with Crippen LogP contribution in [0.15, 0.2) is 0 Å². The number of rotatable bonds is 1. The smallest absolute Gasteiger partial charge is 0.0257 e.